The second-order valence-electron chi connectivity index (χ2n) is 7.26. The number of nitrogens with one attached hydrogen (secondary N) is 1. The molecular weight excluding hydrogens is 254 g/mol. The molecule has 0 atom stereocenters. The molecule has 0 unspecified atom stereocenters. The zero-order valence-corrected chi connectivity index (χ0v) is 14.4. The maximum atomic E-state index is 8.59. The molecule has 0 amide bonds. The molecule has 112 valence electrons. The van der Waals surface area contributed by atoms with Crippen molar-refractivity contribution in [2.75, 3.05) is 0 Å². The van der Waals surface area contributed by atoms with Crippen LogP contribution in [-0.2, 0) is 0 Å². The van der Waals surface area contributed by atoms with Gasteiger partial charge in [0.15, 0.2) is 0 Å². The van der Waals surface area contributed by atoms with Crippen molar-refractivity contribution in [1.29, 1.82) is 5.41 Å². The van der Waals surface area contributed by atoms with E-state index in [0.29, 0.717) is 5.92 Å². The Morgan fingerprint density at radius 1 is 0.905 bits per heavy atom. The van der Waals surface area contributed by atoms with Crippen molar-refractivity contribution in [2.24, 2.45) is 5.41 Å². The van der Waals surface area contributed by atoms with Gasteiger partial charge >= 0.3 is 0 Å². The maximum absolute atomic E-state index is 8.59. The molecule has 0 fully saturated rings. The van der Waals surface area contributed by atoms with E-state index in [1.165, 1.54) is 27.9 Å². The van der Waals surface area contributed by atoms with Gasteiger partial charge in [-0.05, 0) is 50.0 Å². The van der Waals surface area contributed by atoms with Crippen LogP contribution < -0.4 is 0 Å². The van der Waals surface area contributed by atoms with Gasteiger partial charge in [-0.1, -0.05) is 56.2 Å². The highest BCUT2D eigenvalue weighted by molar-refractivity contribution is 6.03. The molecule has 0 radical (unpaired) electrons. The van der Waals surface area contributed by atoms with Gasteiger partial charge < -0.3 is 5.41 Å². The Hall–Kier alpha value is -1.63. The first-order chi connectivity index (χ1) is 9.66. The Kier molecular flexibility index (Phi) is 3.97. The van der Waals surface area contributed by atoms with E-state index in [0.717, 1.165) is 11.3 Å². The molecule has 0 bridgehead atoms. The summed E-state index contributed by atoms with van der Waals surface area (Å²) in [5.41, 5.74) is 8.65. The molecule has 1 aliphatic carbocycles. The van der Waals surface area contributed by atoms with Crippen molar-refractivity contribution in [1.82, 2.24) is 0 Å². The summed E-state index contributed by atoms with van der Waals surface area (Å²) in [4.78, 5) is 0. The topological polar surface area (TPSA) is 23.9 Å². The summed E-state index contributed by atoms with van der Waals surface area (Å²) in [6, 6.07) is 8.44. The van der Waals surface area contributed by atoms with Gasteiger partial charge in [-0.25, -0.2) is 0 Å². The normalized spacial score (nSPS) is 16.9. The lowest BCUT2D eigenvalue weighted by molar-refractivity contribution is 0.587. The summed E-state index contributed by atoms with van der Waals surface area (Å²) in [6.45, 7) is 15.2. The average Bonchev–Trinajstić information content (AvgIpc) is 2.61. The van der Waals surface area contributed by atoms with E-state index in [1.54, 1.807) is 0 Å². The van der Waals surface area contributed by atoms with Crippen LogP contribution in [0.1, 0.15) is 65.5 Å². The standard InChI is InChI=1S/C20H27N/c1-12-13(2)15(4)18(14(12)3)16-10-8-9-11-17(16)19(21)20(5,6)7/h8-11,18,21H,1-7H3. The lowest BCUT2D eigenvalue weighted by atomic mass is 9.79. The smallest absolute Gasteiger partial charge is 0.0442 e. The molecule has 1 heteroatoms. The van der Waals surface area contributed by atoms with E-state index in [9.17, 15) is 0 Å². The van der Waals surface area contributed by atoms with E-state index in [-0.39, 0.29) is 5.41 Å². The van der Waals surface area contributed by atoms with Crippen molar-refractivity contribution in [2.45, 2.75) is 54.4 Å². The monoisotopic (exact) mass is 281 g/mol. The Balaban J connectivity index is 2.61. The van der Waals surface area contributed by atoms with Crippen LogP contribution in [0.25, 0.3) is 0 Å². The number of benzene rings is 1. The summed E-state index contributed by atoms with van der Waals surface area (Å²) < 4.78 is 0. The van der Waals surface area contributed by atoms with Gasteiger partial charge in [-0.2, -0.15) is 0 Å². The molecule has 1 aromatic carbocycles. The fourth-order valence-electron chi connectivity index (χ4n) is 3.20. The summed E-state index contributed by atoms with van der Waals surface area (Å²) in [6.07, 6.45) is 0. The summed E-state index contributed by atoms with van der Waals surface area (Å²) in [5.74, 6) is 0.337. The molecule has 0 aromatic heterocycles. The van der Waals surface area contributed by atoms with Gasteiger partial charge in [-0.3, -0.25) is 0 Å². The molecule has 0 saturated carbocycles. The van der Waals surface area contributed by atoms with Crippen LogP contribution in [0.4, 0.5) is 0 Å². The number of hydrogen-bond donors (Lipinski definition) is 1. The summed E-state index contributed by atoms with van der Waals surface area (Å²) >= 11 is 0. The predicted molar refractivity (Wildman–Crippen MR) is 92.2 cm³/mol. The molecular formula is C20H27N. The molecule has 0 saturated heterocycles. The SMILES string of the molecule is CC1=C(C)C(c2ccccc2C(=N)C(C)(C)C)C(C)=C1C. The van der Waals surface area contributed by atoms with Crippen LogP contribution in [0.15, 0.2) is 46.6 Å². The second kappa shape index (κ2) is 5.29. The third kappa shape index (κ3) is 2.62. The highest BCUT2D eigenvalue weighted by atomic mass is 14.5. The van der Waals surface area contributed by atoms with Crippen molar-refractivity contribution in [3.63, 3.8) is 0 Å². The first-order valence-electron chi connectivity index (χ1n) is 7.69. The van der Waals surface area contributed by atoms with Crippen LogP contribution in [0.3, 0.4) is 0 Å². The third-order valence-corrected chi connectivity index (χ3v) is 4.90. The molecule has 21 heavy (non-hydrogen) atoms. The van der Waals surface area contributed by atoms with Gasteiger partial charge in [0.1, 0.15) is 0 Å². The van der Waals surface area contributed by atoms with Crippen molar-refractivity contribution >= 4 is 5.71 Å². The average molecular weight is 281 g/mol. The van der Waals surface area contributed by atoms with Gasteiger partial charge in [0.2, 0.25) is 0 Å². The third-order valence-electron chi connectivity index (χ3n) is 4.90. The first kappa shape index (κ1) is 15.8. The second-order valence-corrected chi connectivity index (χ2v) is 7.26. The molecule has 1 N–H and O–H groups in total. The Labute approximate surface area is 129 Å². The minimum Gasteiger partial charge on any atom is -0.304 e. The summed E-state index contributed by atoms with van der Waals surface area (Å²) in [5, 5.41) is 8.59. The highest BCUT2D eigenvalue weighted by Gasteiger charge is 2.30. The van der Waals surface area contributed by atoms with Crippen molar-refractivity contribution < 1.29 is 0 Å². The largest absolute Gasteiger partial charge is 0.304 e. The number of rotatable bonds is 2. The van der Waals surface area contributed by atoms with Gasteiger partial charge in [0.25, 0.3) is 0 Å². The molecule has 1 aromatic rings. The zero-order valence-electron chi connectivity index (χ0n) is 14.4. The van der Waals surface area contributed by atoms with Crippen molar-refractivity contribution in [3.8, 4) is 0 Å². The molecule has 1 nitrogen and oxygen atoms in total. The maximum Gasteiger partial charge on any atom is 0.0442 e. The van der Waals surface area contributed by atoms with Crippen LogP contribution in [0.2, 0.25) is 0 Å². The van der Waals surface area contributed by atoms with E-state index < -0.39 is 0 Å². The predicted octanol–water partition coefficient (Wildman–Crippen LogP) is 5.87. The minimum absolute atomic E-state index is 0.131. The van der Waals surface area contributed by atoms with Crippen molar-refractivity contribution in [3.05, 3.63) is 57.7 Å². The number of hydrogen-bond acceptors (Lipinski definition) is 1. The van der Waals surface area contributed by atoms with E-state index in [2.05, 4.69) is 66.7 Å². The molecule has 0 aliphatic heterocycles. The Bertz CT molecular complexity index is 627. The minimum atomic E-state index is -0.131. The Morgan fingerprint density at radius 3 is 1.86 bits per heavy atom. The lowest BCUT2D eigenvalue weighted by Crippen LogP contribution is -2.22. The number of allylic oxidation sites excluding steroid dienone is 4. The van der Waals surface area contributed by atoms with E-state index in [4.69, 9.17) is 5.41 Å². The van der Waals surface area contributed by atoms with E-state index in [1.807, 2.05) is 6.07 Å². The first-order valence-corrected chi connectivity index (χ1v) is 7.69. The fourth-order valence-corrected chi connectivity index (χ4v) is 3.20. The van der Waals surface area contributed by atoms with E-state index >= 15 is 0 Å². The lowest BCUT2D eigenvalue weighted by Gasteiger charge is -2.25. The molecule has 1 aliphatic rings. The molecule has 2 rings (SSSR count). The molecule has 0 heterocycles. The summed E-state index contributed by atoms with van der Waals surface area (Å²) in [7, 11) is 0. The highest BCUT2D eigenvalue weighted by Crippen LogP contribution is 2.44. The van der Waals surface area contributed by atoms with Crippen LogP contribution in [0, 0.1) is 10.8 Å². The van der Waals surface area contributed by atoms with Gasteiger partial charge in [0, 0.05) is 17.0 Å². The van der Waals surface area contributed by atoms with Gasteiger partial charge in [-0.15, -0.1) is 0 Å². The van der Waals surface area contributed by atoms with Gasteiger partial charge in [0.05, 0.1) is 0 Å². The van der Waals surface area contributed by atoms with Crippen LogP contribution >= 0.6 is 0 Å². The van der Waals surface area contributed by atoms with Crippen LogP contribution in [0.5, 0.6) is 0 Å². The Morgan fingerprint density at radius 2 is 1.38 bits per heavy atom. The van der Waals surface area contributed by atoms with Crippen LogP contribution in [-0.4, -0.2) is 5.71 Å². The zero-order chi connectivity index (χ0) is 15.9. The fraction of sp³-hybridized carbons (Fsp3) is 0.450. The molecule has 0 spiro atoms. The quantitative estimate of drug-likeness (QED) is 0.655.